The van der Waals surface area contributed by atoms with Gasteiger partial charge >= 0.3 is 0 Å². The van der Waals surface area contributed by atoms with Gasteiger partial charge in [0, 0.05) is 12.1 Å². The van der Waals surface area contributed by atoms with Crippen LogP contribution in [0.15, 0.2) is 22.7 Å². The average Bonchev–Trinajstić information content (AvgIpc) is 2.46. The summed E-state index contributed by atoms with van der Waals surface area (Å²) in [6.45, 7) is 1.27. The van der Waals surface area contributed by atoms with E-state index in [2.05, 4.69) is 15.9 Å². The van der Waals surface area contributed by atoms with E-state index in [1.54, 1.807) is 30.2 Å². The van der Waals surface area contributed by atoms with Gasteiger partial charge in [-0.15, -0.1) is 0 Å². The van der Waals surface area contributed by atoms with Crippen molar-refractivity contribution in [1.29, 1.82) is 0 Å². The molecule has 1 saturated heterocycles. The molecule has 1 N–H and O–H groups in total. The van der Waals surface area contributed by atoms with Crippen LogP contribution < -0.4 is 4.74 Å². The van der Waals surface area contributed by atoms with Crippen LogP contribution in [0.2, 0.25) is 0 Å². The molecule has 1 fully saturated rings. The molecule has 1 aliphatic rings. The Morgan fingerprint density at radius 1 is 1.63 bits per heavy atom. The Kier molecular flexibility index (Phi) is 4.79. The maximum absolute atomic E-state index is 12.4. The monoisotopic (exact) mass is 329 g/mol. The smallest absolute Gasteiger partial charge is 0.254 e. The molecule has 104 valence electrons. The van der Waals surface area contributed by atoms with Gasteiger partial charge in [0.2, 0.25) is 0 Å². The lowest BCUT2D eigenvalue weighted by atomic mass is 10.1. The number of aliphatic hydroxyl groups is 1. The molecule has 0 aromatic heterocycles. The summed E-state index contributed by atoms with van der Waals surface area (Å²) in [5, 5.41) is 9.29. The number of nitrogens with zero attached hydrogens (tertiary/aromatic N) is 1. The first-order valence-corrected chi connectivity index (χ1v) is 6.79. The van der Waals surface area contributed by atoms with E-state index in [4.69, 9.17) is 9.47 Å². The van der Waals surface area contributed by atoms with E-state index in [-0.39, 0.29) is 18.6 Å². The fourth-order valence-corrected chi connectivity index (χ4v) is 2.58. The molecular weight excluding hydrogens is 314 g/mol. The van der Waals surface area contributed by atoms with Crippen molar-refractivity contribution in [2.24, 2.45) is 0 Å². The Morgan fingerprint density at radius 3 is 3.05 bits per heavy atom. The fraction of sp³-hybridized carbons (Fsp3) is 0.462. The molecule has 5 nitrogen and oxygen atoms in total. The minimum Gasteiger partial charge on any atom is -0.496 e. The number of aliphatic hydroxyl groups excluding tert-OH is 1. The van der Waals surface area contributed by atoms with Crippen LogP contribution in [0.3, 0.4) is 0 Å². The summed E-state index contributed by atoms with van der Waals surface area (Å²) in [5.41, 5.74) is 0.563. The molecule has 1 aliphatic heterocycles. The Hall–Kier alpha value is -1.11. The average molecular weight is 330 g/mol. The first kappa shape index (κ1) is 14.3. The molecule has 1 aromatic carbocycles. The zero-order valence-corrected chi connectivity index (χ0v) is 12.2. The number of halogens is 1. The van der Waals surface area contributed by atoms with Crippen molar-refractivity contribution in [3.8, 4) is 5.75 Å². The summed E-state index contributed by atoms with van der Waals surface area (Å²) < 4.78 is 11.1. The maximum Gasteiger partial charge on any atom is 0.254 e. The third-order valence-corrected chi connectivity index (χ3v) is 3.72. The minimum absolute atomic E-state index is 0.0942. The SMILES string of the molecule is COc1ccc(C(=O)N2CCOCC2CO)cc1Br. The highest BCUT2D eigenvalue weighted by Gasteiger charge is 2.27. The third-order valence-electron chi connectivity index (χ3n) is 3.10. The number of morpholine rings is 1. The number of benzene rings is 1. The van der Waals surface area contributed by atoms with Crippen molar-refractivity contribution >= 4 is 21.8 Å². The molecular formula is C13H16BrNO4. The van der Waals surface area contributed by atoms with Crippen LogP contribution in [-0.2, 0) is 4.74 Å². The number of amides is 1. The highest BCUT2D eigenvalue weighted by molar-refractivity contribution is 9.10. The Labute approximate surface area is 120 Å². The summed E-state index contributed by atoms with van der Waals surface area (Å²) in [6, 6.07) is 4.91. The molecule has 0 aliphatic carbocycles. The largest absolute Gasteiger partial charge is 0.496 e. The van der Waals surface area contributed by atoms with Gasteiger partial charge in [-0.25, -0.2) is 0 Å². The van der Waals surface area contributed by atoms with E-state index >= 15 is 0 Å². The first-order chi connectivity index (χ1) is 9.17. The van der Waals surface area contributed by atoms with Crippen molar-refractivity contribution in [3.05, 3.63) is 28.2 Å². The summed E-state index contributed by atoms with van der Waals surface area (Å²) in [4.78, 5) is 14.1. The lowest BCUT2D eigenvalue weighted by molar-refractivity contribution is -0.0184. The van der Waals surface area contributed by atoms with E-state index in [1.807, 2.05) is 0 Å². The van der Waals surface area contributed by atoms with Gasteiger partial charge in [-0.3, -0.25) is 4.79 Å². The quantitative estimate of drug-likeness (QED) is 0.907. The second-order valence-corrected chi connectivity index (χ2v) is 5.11. The summed E-state index contributed by atoms with van der Waals surface area (Å²) >= 11 is 3.36. The van der Waals surface area contributed by atoms with E-state index in [1.165, 1.54) is 0 Å². The molecule has 6 heteroatoms. The van der Waals surface area contributed by atoms with Crippen LogP contribution in [-0.4, -0.2) is 55.4 Å². The lowest BCUT2D eigenvalue weighted by Crippen LogP contribution is -2.50. The van der Waals surface area contributed by atoms with Crippen molar-refractivity contribution in [2.75, 3.05) is 33.5 Å². The number of ether oxygens (including phenoxy) is 2. The van der Waals surface area contributed by atoms with Crippen molar-refractivity contribution in [1.82, 2.24) is 4.90 Å². The Balaban J connectivity index is 2.20. The first-order valence-electron chi connectivity index (χ1n) is 6.00. The highest BCUT2D eigenvalue weighted by Crippen LogP contribution is 2.26. The normalized spacial score (nSPS) is 19.3. The minimum atomic E-state index is -0.276. The number of rotatable bonds is 3. The van der Waals surface area contributed by atoms with Crippen LogP contribution in [0.25, 0.3) is 0 Å². The number of hydrogen-bond acceptors (Lipinski definition) is 4. The summed E-state index contributed by atoms with van der Waals surface area (Å²) in [5.74, 6) is 0.572. The van der Waals surface area contributed by atoms with Gasteiger partial charge in [0.25, 0.3) is 5.91 Å². The number of hydrogen-bond donors (Lipinski definition) is 1. The van der Waals surface area contributed by atoms with Crippen LogP contribution in [0.1, 0.15) is 10.4 Å². The maximum atomic E-state index is 12.4. The van der Waals surface area contributed by atoms with E-state index in [0.29, 0.717) is 31.1 Å². The van der Waals surface area contributed by atoms with Crippen LogP contribution >= 0.6 is 15.9 Å². The second kappa shape index (κ2) is 6.36. The Morgan fingerprint density at radius 2 is 2.42 bits per heavy atom. The zero-order valence-electron chi connectivity index (χ0n) is 10.6. The molecule has 19 heavy (non-hydrogen) atoms. The van der Waals surface area contributed by atoms with Crippen molar-refractivity contribution < 1.29 is 19.4 Å². The topological polar surface area (TPSA) is 59.0 Å². The fourth-order valence-electron chi connectivity index (χ4n) is 2.04. The summed E-state index contributed by atoms with van der Waals surface area (Å²) in [6.07, 6.45) is 0. The van der Waals surface area contributed by atoms with Gasteiger partial charge in [-0.05, 0) is 34.1 Å². The third kappa shape index (κ3) is 3.08. The van der Waals surface area contributed by atoms with E-state index in [9.17, 15) is 9.90 Å². The molecule has 0 radical (unpaired) electrons. The van der Waals surface area contributed by atoms with Crippen LogP contribution in [0, 0.1) is 0 Å². The molecule has 1 aromatic rings. The van der Waals surface area contributed by atoms with Gasteiger partial charge < -0.3 is 19.5 Å². The highest BCUT2D eigenvalue weighted by atomic mass is 79.9. The predicted octanol–water partition coefficient (Wildman–Crippen LogP) is 1.29. The van der Waals surface area contributed by atoms with Gasteiger partial charge in [0.15, 0.2) is 0 Å². The van der Waals surface area contributed by atoms with Crippen LogP contribution in [0.4, 0.5) is 0 Å². The van der Waals surface area contributed by atoms with Gasteiger partial charge in [-0.2, -0.15) is 0 Å². The number of carbonyl (C=O) groups is 1. The van der Waals surface area contributed by atoms with Gasteiger partial charge in [-0.1, -0.05) is 0 Å². The predicted molar refractivity (Wildman–Crippen MR) is 73.4 cm³/mol. The molecule has 1 atom stereocenters. The number of methoxy groups -OCH3 is 1. The Bertz CT molecular complexity index is 466. The second-order valence-electron chi connectivity index (χ2n) is 4.26. The number of carbonyl (C=O) groups excluding carboxylic acids is 1. The van der Waals surface area contributed by atoms with Crippen molar-refractivity contribution in [2.45, 2.75) is 6.04 Å². The standard InChI is InChI=1S/C13H16BrNO4/c1-18-12-3-2-9(6-11(12)14)13(17)15-4-5-19-8-10(15)7-16/h2-3,6,10,16H,4-5,7-8H2,1H3. The molecule has 1 heterocycles. The van der Waals surface area contributed by atoms with Crippen LogP contribution in [0.5, 0.6) is 5.75 Å². The van der Waals surface area contributed by atoms with E-state index < -0.39 is 0 Å². The zero-order chi connectivity index (χ0) is 13.8. The van der Waals surface area contributed by atoms with Gasteiger partial charge in [0.05, 0.1) is 37.4 Å². The van der Waals surface area contributed by atoms with Gasteiger partial charge in [0.1, 0.15) is 5.75 Å². The molecule has 1 unspecified atom stereocenters. The molecule has 1 amide bonds. The molecule has 0 spiro atoms. The van der Waals surface area contributed by atoms with Crippen molar-refractivity contribution in [3.63, 3.8) is 0 Å². The molecule has 2 rings (SSSR count). The lowest BCUT2D eigenvalue weighted by Gasteiger charge is -2.34. The molecule has 0 bridgehead atoms. The summed E-state index contributed by atoms with van der Waals surface area (Å²) in [7, 11) is 1.57. The van der Waals surface area contributed by atoms with E-state index in [0.717, 1.165) is 4.47 Å². The molecule has 0 saturated carbocycles.